The van der Waals surface area contributed by atoms with Crippen LogP contribution >= 0.6 is 0 Å². The summed E-state index contributed by atoms with van der Waals surface area (Å²) in [5.41, 5.74) is 2.47. The van der Waals surface area contributed by atoms with E-state index in [1.807, 2.05) is 54.7 Å². The number of nitrogens with zero attached hydrogens (tertiary/aromatic N) is 1. The molecule has 0 radical (unpaired) electrons. The number of amides is 4. The van der Waals surface area contributed by atoms with Crippen LogP contribution in [0, 0.1) is 0 Å². The van der Waals surface area contributed by atoms with E-state index in [4.69, 9.17) is 0 Å². The highest BCUT2D eigenvalue weighted by atomic mass is 16.2. The topological polar surface area (TPSA) is 94.3 Å². The molecule has 3 N–H and O–H groups in total. The van der Waals surface area contributed by atoms with Gasteiger partial charge >= 0.3 is 6.03 Å². The molecule has 0 bridgehead atoms. The van der Waals surface area contributed by atoms with Crippen LogP contribution in [0.1, 0.15) is 12.0 Å². The van der Waals surface area contributed by atoms with Gasteiger partial charge in [0.05, 0.1) is 13.0 Å². The number of hydrogen-bond donors (Lipinski definition) is 3. The molecular weight excluding hydrogens is 344 g/mol. The molecule has 0 aliphatic carbocycles. The minimum Gasteiger partial charge on any atom is -0.361 e. The van der Waals surface area contributed by atoms with E-state index in [9.17, 15) is 14.4 Å². The average molecular weight is 362 g/mol. The van der Waals surface area contributed by atoms with Crippen LogP contribution < -0.4 is 10.6 Å². The lowest BCUT2D eigenvalue weighted by atomic mass is 10.1. The predicted molar refractivity (Wildman–Crippen MR) is 101 cm³/mol. The highest BCUT2D eigenvalue weighted by Gasteiger charge is 2.38. The van der Waals surface area contributed by atoms with Crippen LogP contribution in [-0.4, -0.2) is 33.8 Å². The van der Waals surface area contributed by atoms with Crippen LogP contribution in [0.2, 0.25) is 0 Å². The highest BCUT2D eigenvalue weighted by Crippen LogP contribution is 2.19. The summed E-state index contributed by atoms with van der Waals surface area (Å²) in [5, 5.41) is 6.34. The zero-order valence-electron chi connectivity index (χ0n) is 14.4. The summed E-state index contributed by atoms with van der Waals surface area (Å²) in [6.07, 6.45) is 1.71. The van der Waals surface area contributed by atoms with Gasteiger partial charge in [0.1, 0.15) is 6.04 Å². The Morgan fingerprint density at radius 1 is 1.07 bits per heavy atom. The maximum atomic E-state index is 12.5. The minimum absolute atomic E-state index is 0.110. The fourth-order valence-electron chi connectivity index (χ4n) is 3.16. The van der Waals surface area contributed by atoms with E-state index in [0.717, 1.165) is 21.4 Å². The lowest BCUT2D eigenvalue weighted by Crippen LogP contribution is -2.34. The minimum atomic E-state index is -0.850. The van der Waals surface area contributed by atoms with Crippen LogP contribution in [0.4, 0.5) is 10.5 Å². The fraction of sp³-hybridized carbons (Fsp3) is 0.150. The molecule has 1 fully saturated rings. The van der Waals surface area contributed by atoms with E-state index >= 15 is 0 Å². The number of aromatic amines is 1. The molecule has 1 aliphatic heterocycles. The Labute approximate surface area is 155 Å². The molecule has 7 heteroatoms. The summed E-state index contributed by atoms with van der Waals surface area (Å²) in [6, 6.07) is 15.3. The monoisotopic (exact) mass is 362 g/mol. The average Bonchev–Trinajstić information content (AvgIpc) is 3.22. The molecule has 0 spiro atoms. The number of hydrogen-bond acceptors (Lipinski definition) is 3. The van der Waals surface area contributed by atoms with Gasteiger partial charge in [0.25, 0.3) is 5.91 Å². The maximum Gasteiger partial charge on any atom is 0.325 e. The van der Waals surface area contributed by atoms with Crippen LogP contribution in [0.5, 0.6) is 0 Å². The standard InChI is InChI=1S/C20H18N4O3/c25-18(22-15-6-7-16-14(10-15)8-9-21-16)11-17-19(26)24(20(27)23-17)12-13-4-2-1-3-5-13/h1-10,17,21H,11-12H2,(H,22,25)(H,23,27). The Morgan fingerprint density at radius 2 is 1.89 bits per heavy atom. The first-order valence-corrected chi connectivity index (χ1v) is 8.63. The summed E-state index contributed by atoms with van der Waals surface area (Å²) < 4.78 is 0. The number of carbonyl (C=O) groups excluding carboxylic acids is 3. The van der Waals surface area contributed by atoms with Gasteiger partial charge in [-0.15, -0.1) is 0 Å². The van der Waals surface area contributed by atoms with Crippen molar-refractivity contribution in [3.05, 3.63) is 66.4 Å². The van der Waals surface area contributed by atoms with E-state index in [1.165, 1.54) is 0 Å². The molecular formula is C20H18N4O3. The largest absolute Gasteiger partial charge is 0.361 e. The highest BCUT2D eigenvalue weighted by molar-refractivity contribution is 6.07. The maximum absolute atomic E-state index is 12.5. The number of H-pyrrole nitrogens is 1. The smallest absolute Gasteiger partial charge is 0.325 e. The molecule has 2 aromatic carbocycles. The van der Waals surface area contributed by atoms with Crippen LogP contribution in [0.15, 0.2) is 60.8 Å². The van der Waals surface area contributed by atoms with Crippen LogP contribution in [0.25, 0.3) is 10.9 Å². The first-order chi connectivity index (χ1) is 13.1. The van der Waals surface area contributed by atoms with Crippen molar-refractivity contribution in [2.45, 2.75) is 19.0 Å². The number of fused-ring (bicyclic) bond motifs is 1. The van der Waals surface area contributed by atoms with E-state index in [2.05, 4.69) is 15.6 Å². The van der Waals surface area contributed by atoms with Gasteiger partial charge in [-0.1, -0.05) is 30.3 Å². The summed E-state index contributed by atoms with van der Waals surface area (Å²) in [4.78, 5) is 41.2. The van der Waals surface area contributed by atoms with Crippen LogP contribution in [0.3, 0.4) is 0 Å². The summed E-state index contributed by atoms with van der Waals surface area (Å²) in [6.45, 7) is 0.188. The first-order valence-electron chi connectivity index (χ1n) is 8.63. The van der Waals surface area contributed by atoms with E-state index < -0.39 is 12.1 Å². The van der Waals surface area contributed by atoms with Gasteiger partial charge in [0.15, 0.2) is 0 Å². The lowest BCUT2D eigenvalue weighted by molar-refractivity contribution is -0.130. The number of carbonyl (C=O) groups is 3. The Kier molecular flexibility index (Phi) is 4.33. The lowest BCUT2D eigenvalue weighted by Gasteiger charge is -2.13. The third kappa shape index (κ3) is 3.52. The Bertz CT molecular complexity index is 1010. The van der Waals surface area contributed by atoms with Crippen molar-refractivity contribution in [2.24, 2.45) is 0 Å². The predicted octanol–water partition coefficient (Wildman–Crippen LogP) is 2.62. The molecule has 1 aliphatic rings. The van der Waals surface area contributed by atoms with Gasteiger partial charge in [0, 0.05) is 22.8 Å². The van der Waals surface area contributed by atoms with Gasteiger partial charge in [0.2, 0.25) is 5.91 Å². The molecule has 4 rings (SSSR count). The number of benzene rings is 2. The molecule has 7 nitrogen and oxygen atoms in total. The molecule has 0 saturated carbocycles. The van der Waals surface area contributed by atoms with Gasteiger partial charge in [-0.05, 0) is 29.8 Å². The van der Waals surface area contributed by atoms with Crippen molar-refractivity contribution in [1.29, 1.82) is 0 Å². The Morgan fingerprint density at radius 3 is 2.70 bits per heavy atom. The Hall–Kier alpha value is -3.61. The van der Waals surface area contributed by atoms with E-state index in [-0.39, 0.29) is 24.8 Å². The van der Waals surface area contributed by atoms with E-state index in [1.54, 1.807) is 6.07 Å². The fourth-order valence-corrected chi connectivity index (χ4v) is 3.16. The molecule has 136 valence electrons. The van der Waals surface area contributed by atoms with Gasteiger partial charge in [-0.3, -0.25) is 14.5 Å². The van der Waals surface area contributed by atoms with E-state index in [0.29, 0.717) is 5.69 Å². The van der Waals surface area contributed by atoms with Crippen molar-refractivity contribution >= 4 is 34.4 Å². The zero-order chi connectivity index (χ0) is 18.8. The molecule has 4 amide bonds. The molecule has 1 unspecified atom stereocenters. The molecule has 3 aromatic rings. The number of imide groups is 1. The molecule has 1 atom stereocenters. The third-order valence-corrected chi connectivity index (χ3v) is 4.52. The van der Waals surface area contributed by atoms with Gasteiger partial charge in [-0.2, -0.15) is 0 Å². The number of aromatic nitrogens is 1. The van der Waals surface area contributed by atoms with Crippen molar-refractivity contribution < 1.29 is 14.4 Å². The Balaban J connectivity index is 1.39. The number of anilines is 1. The molecule has 2 heterocycles. The van der Waals surface area contributed by atoms with Crippen molar-refractivity contribution in [2.75, 3.05) is 5.32 Å². The first kappa shape index (κ1) is 16.8. The molecule has 1 saturated heterocycles. The second-order valence-corrected chi connectivity index (χ2v) is 6.44. The van der Waals surface area contributed by atoms with Crippen molar-refractivity contribution in [3.63, 3.8) is 0 Å². The second-order valence-electron chi connectivity index (χ2n) is 6.44. The summed E-state index contributed by atoms with van der Waals surface area (Å²) >= 11 is 0. The number of urea groups is 1. The quantitative estimate of drug-likeness (QED) is 0.609. The SMILES string of the molecule is O=C(CC1NC(=O)N(Cc2ccccc2)C1=O)Nc1ccc2[nH]ccc2c1. The molecule has 27 heavy (non-hydrogen) atoms. The van der Waals surface area contributed by atoms with Crippen LogP contribution in [-0.2, 0) is 16.1 Å². The number of nitrogens with one attached hydrogen (secondary N) is 3. The summed E-state index contributed by atoms with van der Waals surface area (Å²) in [7, 11) is 0. The number of rotatable bonds is 5. The second kappa shape index (κ2) is 6.95. The normalized spacial score (nSPS) is 16.6. The van der Waals surface area contributed by atoms with Gasteiger partial charge < -0.3 is 15.6 Å². The van der Waals surface area contributed by atoms with Gasteiger partial charge in [-0.25, -0.2) is 4.79 Å². The van der Waals surface area contributed by atoms with Crippen molar-refractivity contribution in [3.8, 4) is 0 Å². The van der Waals surface area contributed by atoms with Crippen molar-refractivity contribution in [1.82, 2.24) is 15.2 Å². The zero-order valence-corrected chi connectivity index (χ0v) is 14.4. The molecule has 1 aromatic heterocycles. The third-order valence-electron chi connectivity index (χ3n) is 4.52. The summed E-state index contributed by atoms with van der Waals surface area (Å²) in [5.74, 6) is -0.717.